The highest BCUT2D eigenvalue weighted by Gasteiger charge is 2.14. The van der Waals surface area contributed by atoms with E-state index in [1.54, 1.807) is 10.9 Å². The fourth-order valence-corrected chi connectivity index (χ4v) is 1.49. The quantitative estimate of drug-likeness (QED) is 0.413. The van der Waals surface area contributed by atoms with Gasteiger partial charge in [-0.15, -0.1) is 0 Å². The number of hydrogen-bond acceptors (Lipinski definition) is 3. The van der Waals surface area contributed by atoms with Crippen LogP contribution in [0, 0.1) is 10.1 Å². The lowest BCUT2D eigenvalue weighted by Gasteiger charge is -2.07. The Kier molecular flexibility index (Phi) is 4.27. The smallest absolute Gasteiger partial charge is 0.358 e. The zero-order valence-electron chi connectivity index (χ0n) is 9.22. The molecule has 0 aromatic carbocycles. The molecular weight excluding hydrogens is 194 g/mol. The Bertz CT molecular complexity index is 322. The van der Waals surface area contributed by atoms with E-state index in [2.05, 4.69) is 12.0 Å². The minimum Gasteiger partial charge on any atom is -0.358 e. The van der Waals surface area contributed by atoms with E-state index in [0.717, 1.165) is 12.8 Å². The summed E-state index contributed by atoms with van der Waals surface area (Å²) < 4.78 is 1.67. The second-order valence-electron chi connectivity index (χ2n) is 3.76. The van der Waals surface area contributed by atoms with Gasteiger partial charge in [0.05, 0.1) is 23.4 Å². The molecule has 15 heavy (non-hydrogen) atoms. The molecule has 1 rings (SSSR count). The van der Waals surface area contributed by atoms with E-state index in [-0.39, 0.29) is 11.9 Å². The summed E-state index contributed by atoms with van der Waals surface area (Å²) in [4.78, 5) is 9.96. The van der Waals surface area contributed by atoms with Crippen molar-refractivity contribution < 1.29 is 4.92 Å². The van der Waals surface area contributed by atoms with Crippen LogP contribution >= 0.6 is 0 Å². The molecule has 0 bridgehead atoms. The summed E-state index contributed by atoms with van der Waals surface area (Å²) in [6, 6.07) is 1.68. The van der Waals surface area contributed by atoms with Crippen LogP contribution in [0.25, 0.3) is 0 Å². The van der Waals surface area contributed by atoms with Gasteiger partial charge in [-0.1, -0.05) is 26.2 Å². The number of unbranched alkanes of at least 4 members (excludes halogenated alkanes) is 2. The van der Waals surface area contributed by atoms with Gasteiger partial charge in [-0.25, -0.2) is 0 Å². The maximum absolute atomic E-state index is 10.4. The van der Waals surface area contributed by atoms with Crippen molar-refractivity contribution in [1.29, 1.82) is 0 Å². The van der Waals surface area contributed by atoms with Crippen molar-refractivity contribution in [2.75, 3.05) is 0 Å². The summed E-state index contributed by atoms with van der Waals surface area (Å²) in [5.41, 5.74) is 0. The SMILES string of the molecule is CCCCCC(C)n1ccc([N+](=O)[O-])n1. The fraction of sp³-hybridized carbons (Fsp3) is 0.700. The first-order valence-electron chi connectivity index (χ1n) is 5.34. The predicted molar refractivity (Wildman–Crippen MR) is 57.7 cm³/mol. The highest BCUT2D eigenvalue weighted by Crippen LogP contribution is 2.16. The second kappa shape index (κ2) is 5.48. The number of aromatic nitrogens is 2. The summed E-state index contributed by atoms with van der Waals surface area (Å²) in [6.07, 6.45) is 6.23. The Morgan fingerprint density at radius 1 is 1.60 bits per heavy atom. The highest BCUT2D eigenvalue weighted by atomic mass is 16.6. The van der Waals surface area contributed by atoms with E-state index in [1.807, 2.05) is 6.92 Å². The van der Waals surface area contributed by atoms with E-state index in [4.69, 9.17) is 0 Å². The van der Waals surface area contributed by atoms with Crippen LogP contribution in [0.2, 0.25) is 0 Å². The van der Waals surface area contributed by atoms with Crippen LogP contribution in [0.3, 0.4) is 0 Å². The third kappa shape index (κ3) is 3.34. The minimum atomic E-state index is -0.463. The summed E-state index contributed by atoms with van der Waals surface area (Å²) >= 11 is 0. The molecule has 0 amide bonds. The average molecular weight is 211 g/mol. The third-order valence-electron chi connectivity index (χ3n) is 2.46. The molecule has 1 heterocycles. The molecule has 84 valence electrons. The van der Waals surface area contributed by atoms with Crippen LogP contribution < -0.4 is 0 Å². The van der Waals surface area contributed by atoms with Gasteiger partial charge in [0.15, 0.2) is 0 Å². The predicted octanol–water partition coefficient (Wildman–Crippen LogP) is 2.93. The topological polar surface area (TPSA) is 61.0 Å². The van der Waals surface area contributed by atoms with E-state index in [0.29, 0.717) is 0 Å². The van der Waals surface area contributed by atoms with Crippen molar-refractivity contribution >= 4 is 5.82 Å². The van der Waals surface area contributed by atoms with Crippen molar-refractivity contribution in [3.8, 4) is 0 Å². The van der Waals surface area contributed by atoms with Crippen molar-refractivity contribution in [3.05, 3.63) is 22.4 Å². The monoisotopic (exact) mass is 211 g/mol. The molecule has 0 saturated heterocycles. The fourth-order valence-electron chi connectivity index (χ4n) is 1.49. The maximum Gasteiger partial charge on any atom is 0.389 e. The summed E-state index contributed by atoms with van der Waals surface area (Å²) in [7, 11) is 0. The Labute approximate surface area is 89.2 Å². The molecule has 0 spiro atoms. The molecule has 0 aliphatic carbocycles. The number of hydrogen-bond donors (Lipinski definition) is 0. The molecule has 1 aromatic heterocycles. The molecular formula is C10H17N3O2. The van der Waals surface area contributed by atoms with Gasteiger partial charge in [-0.05, 0) is 18.3 Å². The molecule has 0 aliphatic rings. The number of rotatable bonds is 6. The maximum atomic E-state index is 10.4. The lowest BCUT2D eigenvalue weighted by Crippen LogP contribution is -2.06. The van der Waals surface area contributed by atoms with Crippen molar-refractivity contribution in [3.63, 3.8) is 0 Å². The molecule has 0 fully saturated rings. The van der Waals surface area contributed by atoms with E-state index in [9.17, 15) is 10.1 Å². The number of nitro groups is 1. The molecule has 0 radical (unpaired) electrons. The lowest BCUT2D eigenvalue weighted by molar-refractivity contribution is -0.389. The summed E-state index contributed by atoms with van der Waals surface area (Å²) in [5, 5.41) is 14.3. The van der Waals surface area contributed by atoms with Crippen LogP contribution in [0.4, 0.5) is 5.82 Å². The van der Waals surface area contributed by atoms with Gasteiger partial charge in [0, 0.05) is 0 Å². The van der Waals surface area contributed by atoms with E-state index >= 15 is 0 Å². The molecule has 0 aliphatic heterocycles. The van der Waals surface area contributed by atoms with Gasteiger partial charge >= 0.3 is 5.82 Å². The van der Waals surface area contributed by atoms with Crippen LogP contribution in [-0.4, -0.2) is 14.7 Å². The normalized spacial score (nSPS) is 12.7. The van der Waals surface area contributed by atoms with Crippen LogP contribution in [-0.2, 0) is 0 Å². The molecule has 1 aromatic rings. The molecule has 1 atom stereocenters. The van der Waals surface area contributed by atoms with Crippen LogP contribution in [0.1, 0.15) is 45.6 Å². The van der Waals surface area contributed by atoms with E-state index in [1.165, 1.54) is 18.9 Å². The second-order valence-corrected chi connectivity index (χ2v) is 3.76. The minimum absolute atomic E-state index is 0.0719. The lowest BCUT2D eigenvalue weighted by atomic mass is 10.1. The zero-order valence-corrected chi connectivity index (χ0v) is 9.22. The third-order valence-corrected chi connectivity index (χ3v) is 2.46. The van der Waals surface area contributed by atoms with Gasteiger partial charge in [0.1, 0.15) is 0 Å². The van der Waals surface area contributed by atoms with Gasteiger partial charge in [0.25, 0.3) is 0 Å². The van der Waals surface area contributed by atoms with Crippen molar-refractivity contribution in [2.45, 2.75) is 45.6 Å². The van der Waals surface area contributed by atoms with Gasteiger partial charge in [-0.3, -0.25) is 0 Å². The molecule has 0 saturated carbocycles. The van der Waals surface area contributed by atoms with Crippen molar-refractivity contribution in [1.82, 2.24) is 9.78 Å². The standard InChI is InChI=1S/C10H17N3O2/c1-3-4-5-6-9(2)12-8-7-10(11-12)13(14)15/h7-9H,3-6H2,1-2H3. The Balaban J connectivity index is 2.50. The van der Waals surface area contributed by atoms with Gasteiger partial charge < -0.3 is 10.1 Å². The Hall–Kier alpha value is -1.39. The van der Waals surface area contributed by atoms with Crippen LogP contribution in [0.15, 0.2) is 12.3 Å². The summed E-state index contributed by atoms with van der Waals surface area (Å²) in [5.74, 6) is -0.0719. The summed E-state index contributed by atoms with van der Waals surface area (Å²) in [6.45, 7) is 4.19. The van der Waals surface area contributed by atoms with Gasteiger partial charge in [0.2, 0.25) is 0 Å². The van der Waals surface area contributed by atoms with E-state index < -0.39 is 4.92 Å². The first-order chi connectivity index (χ1) is 7.15. The van der Waals surface area contributed by atoms with Crippen molar-refractivity contribution in [2.24, 2.45) is 0 Å². The molecule has 1 unspecified atom stereocenters. The first kappa shape index (κ1) is 11.7. The molecule has 0 N–H and O–H groups in total. The first-order valence-corrected chi connectivity index (χ1v) is 5.34. The van der Waals surface area contributed by atoms with Gasteiger partial charge in [-0.2, -0.15) is 4.68 Å². The van der Waals surface area contributed by atoms with Crippen LogP contribution in [0.5, 0.6) is 0 Å². The zero-order chi connectivity index (χ0) is 11.3. The largest absolute Gasteiger partial charge is 0.389 e. The Morgan fingerprint density at radius 2 is 2.33 bits per heavy atom. The molecule has 5 heteroatoms. The number of nitrogens with zero attached hydrogens (tertiary/aromatic N) is 3. The highest BCUT2D eigenvalue weighted by molar-refractivity contribution is 5.14. The average Bonchev–Trinajstić information content (AvgIpc) is 2.66. The molecule has 5 nitrogen and oxygen atoms in total. The Morgan fingerprint density at radius 3 is 2.87 bits per heavy atom.